The van der Waals surface area contributed by atoms with Gasteiger partial charge in [-0.1, -0.05) is 11.6 Å². The van der Waals surface area contributed by atoms with Crippen LogP contribution in [0.25, 0.3) is 0 Å². The quantitative estimate of drug-likeness (QED) is 0.482. The monoisotopic (exact) mass is 347 g/mol. The largest absolute Gasteiger partial charge is 0.313 e. The van der Waals surface area contributed by atoms with Gasteiger partial charge >= 0.3 is 0 Å². The minimum Gasteiger partial charge on any atom is -0.313 e. The Labute approximate surface area is 116 Å². The fraction of sp³-hybridized carbons (Fsp3) is 0.385. The van der Waals surface area contributed by atoms with Crippen LogP contribution in [-0.4, -0.2) is 7.05 Å². The molecule has 1 nitrogen and oxygen atoms in total. The maximum absolute atomic E-state index is 6.02. The molecule has 0 spiro atoms. The number of unbranched alkanes of at least 4 members (excludes halogenated alkanes) is 1. The topological polar surface area (TPSA) is 12.0 Å². The number of rotatable bonds is 5. The third-order valence-corrected chi connectivity index (χ3v) is 3.71. The predicted octanol–water partition coefficient (Wildman–Crippen LogP) is 4.01. The highest BCUT2D eigenvalue weighted by Crippen LogP contribution is 2.26. The van der Waals surface area contributed by atoms with Crippen molar-refractivity contribution in [1.82, 2.24) is 5.32 Å². The summed E-state index contributed by atoms with van der Waals surface area (Å²) < 4.78 is 1.24. The molecule has 0 saturated heterocycles. The van der Waals surface area contributed by atoms with E-state index >= 15 is 0 Å². The van der Waals surface area contributed by atoms with E-state index in [1.165, 1.54) is 9.13 Å². The molecule has 0 amide bonds. The second-order valence-electron chi connectivity index (χ2n) is 3.60. The summed E-state index contributed by atoms with van der Waals surface area (Å²) in [4.78, 5) is 0. The van der Waals surface area contributed by atoms with Crippen molar-refractivity contribution in [1.29, 1.82) is 0 Å². The van der Waals surface area contributed by atoms with Gasteiger partial charge in [-0.25, -0.2) is 0 Å². The van der Waals surface area contributed by atoms with E-state index in [4.69, 9.17) is 18.0 Å². The van der Waals surface area contributed by atoms with Crippen molar-refractivity contribution in [2.24, 2.45) is 0 Å². The third-order valence-electron chi connectivity index (χ3n) is 2.50. The maximum atomic E-state index is 6.02. The third kappa shape index (κ3) is 3.97. The van der Waals surface area contributed by atoms with Crippen LogP contribution in [0, 0.1) is 15.9 Å². The summed E-state index contributed by atoms with van der Waals surface area (Å²) in [5, 5.41) is 4.10. The Kier molecular flexibility index (Phi) is 6.18. The maximum Gasteiger partial charge on any atom is 0.0410 e. The number of terminal acetylenes is 1. The van der Waals surface area contributed by atoms with E-state index < -0.39 is 0 Å². The van der Waals surface area contributed by atoms with Crippen molar-refractivity contribution in [3.8, 4) is 12.3 Å². The smallest absolute Gasteiger partial charge is 0.0410 e. The molecule has 0 heterocycles. The lowest BCUT2D eigenvalue weighted by atomic mass is 10.0. The fourth-order valence-electron chi connectivity index (χ4n) is 1.65. The van der Waals surface area contributed by atoms with Crippen LogP contribution in [0.4, 0.5) is 0 Å². The number of halogens is 2. The molecule has 0 aliphatic heterocycles. The molecule has 1 atom stereocenters. The van der Waals surface area contributed by atoms with E-state index in [0.29, 0.717) is 6.04 Å². The number of hydrogen-bond acceptors (Lipinski definition) is 1. The molecule has 1 aromatic carbocycles. The molecule has 86 valence electrons. The Morgan fingerprint density at radius 2 is 2.31 bits per heavy atom. The van der Waals surface area contributed by atoms with E-state index in [1.54, 1.807) is 0 Å². The van der Waals surface area contributed by atoms with Gasteiger partial charge < -0.3 is 5.32 Å². The van der Waals surface area contributed by atoms with E-state index in [0.717, 1.165) is 24.3 Å². The molecule has 0 bridgehead atoms. The molecule has 1 unspecified atom stereocenters. The molecule has 3 heteroatoms. The molecule has 0 aromatic heterocycles. The zero-order valence-corrected chi connectivity index (χ0v) is 12.2. The van der Waals surface area contributed by atoms with Crippen LogP contribution in [0.3, 0.4) is 0 Å². The van der Waals surface area contributed by atoms with E-state index in [9.17, 15) is 0 Å². The Morgan fingerprint density at radius 3 is 2.94 bits per heavy atom. The standard InChI is InChI=1S/C13H15ClIN/c1-3-4-5-6-13(16-2)11-9-10(14)7-8-12(11)15/h1,7-9,13,16H,4-6H2,2H3. The zero-order valence-electron chi connectivity index (χ0n) is 9.26. The van der Waals surface area contributed by atoms with Crippen LogP contribution in [-0.2, 0) is 0 Å². The summed E-state index contributed by atoms with van der Waals surface area (Å²) in [6, 6.07) is 6.32. The van der Waals surface area contributed by atoms with Gasteiger partial charge in [0.05, 0.1) is 0 Å². The molecule has 0 radical (unpaired) electrons. The van der Waals surface area contributed by atoms with Gasteiger partial charge in [0.1, 0.15) is 0 Å². The molecular formula is C13H15ClIN. The normalized spacial score (nSPS) is 12.1. The van der Waals surface area contributed by atoms with Gasteiger partial charge in [-0.3, -0.25) is 0 Å². The molecule has 1 N–H and O–H groups in total. The second kappa shape index (κ2) is 7.16. The van der Waals surface area contributed by atoms with E-state index in [1.807, 2.05) is 25.2 Å². The highest BCUT2D eigenvalue weighted by Gasteiger charge is 2.12. The summed E-state index contributed by atoms with van der Waals surface area (Å²) >= 11 is 8.35. The average molecular weight is 348 g/mol. The summed E-state index contributed by atoms with van der Waals surface area (Å²) in [5.74, 6) is 2.67. The average Bonchev–Trinajstić information content (AvgIpc) is 2.28. The molecule has 0 saturated carbocycles. The summed E-state index contributed by atoms with van der Waals surface area (Å²) in [6.07, 6.45) is 8.16. The zero-order chi connectivity index (χ0) is 12.0. The van der Waals surface area contributed by atoms with Crippen LogP contribution in [0.15, 0.2) is 18.2 Å². The Morgan fingerprint density at radius 1 is 1.56 bits per heavy atom. The van der Waals surface area contributed by atoms with Crippen molar-refractivity contribution in [2.75, 3.05) is 7.05 Å². The van der Waals surface area contributed by atoms with Gasteiger partial charge in [-0.05, 0) is 66.2 Å². The number of hydrogen-bond donors (Lipinski definition) is 1. The lowest BCUT2D eigenvalue weighted by Crippen LogP contribution is -2.17. The van der Waals surface area contributed by atoms with Crippen molar-refractivity contribution < 1.29 is 0 Å². The fourth-order valence-corrected chi connectivity index (χ4v) is 2.54. The Hall–Kier alpha value is -0.240. The first-order chi connectivity index (χ1) is 7.69. The highest BCUT2D eigenvalue weighted by molar-refractivity contribution is 14.1. The van der Waals surface area contributed by atoms with Gasteiger partial charge in [-0.15, -0.1) is 12.3 Å². The minimum atomic E-state index is 0.332. The van der Waals surface area contributed by atoms with Gasteiger partial charge in [0.2, 0.25) is 0 Å². The lowest BCUT2D eigenvalue weighted by Gasteiger charge is -2.18. The van der Waals surface area contributed by atoms with Crippen LogP contribution in [0.5, 0.6) is 0 Å². The van der Waals surface area contributed by atoms with Crippen molar-refractivity contribution in [3.05, 3.63) is 32.4 Å². The lowest BCUT2D eigenvalue weighted by molar-refractivity contribution is 0.530. The molecule has 16 heavy (non-hydrogen) atoms. The first-order valence-corrected chi connectivity index (χ1v) is 6.70. The first kappa shape index (κ1) is 13.8. The van der Waals surface area contributed by atoms with Crippen LogP contribution in [0.1, 0.15) is 30.9 Å². The molecule has 1 aromatic rings. The first-order valence-electron chi connectivity index (χ1n) is 5.24. The van der Waals surface area contributed by atoms with Crippen LogP contribution < -0.4 is 5.32 Å². The molecular weight excluding hydrogens is 333 g/mol. The van der Waals surface area contributed by atoms with E-state index in [-0.39, 0.29) is 0 Å². The van der Waals surface area contributed by atoms with Crippen molar-refractivity contribution >= 4 is 34.2 Å². The van der Waals surface area contributed by atoms with Gasteiger partial charge in [0.15, 0.2) is 0 Å². The molecule has 1 rings (SSSR count). The molecule has 0 aliphatic carbocycles. The molecule has 0 aliphatic rings. The summed E-state index contributed by atoms with van der Waals surface area (Å²) in [6.45, 7) is 0. The van der Waals surface area contributed by atoms with Gasteiger partial charge in [-0.2, -0.15) is 0 Å². The second-order valence-corrected chi connectivity index (χ2v) is 5.20. The van der Waals surface area contributed by atoms with Gasteiger partial charge in [0, 0.05) is 21.1 Å². The predicted molar refractivity (Wildman–Crippen MR) is 78.7 cm³/mol. The van der Waals surface area contributed by atoms with Crippen LogP contribution >= 0.6 is 34.2 Å². The summed E-state index contributed by atoms with van der Waals surface area (Å²) in [5.41, 5.74) is 1.26. The number of nitrogens with one attached hydrogen (secondary N) is 1. The van der Waals surface area contributed by atoms with Crippen molar-refractivity contribution in [3.63, 3.8) is 0 Å². The van der Waals surface area contributed by atoms with Gasteiger partial charge in [0.25, 0.3) is 0 Å². The Balaban J connectivity index is 2.78. The Bertz CT molecular complexity index is 384. The number of benzene rings is 1. The molecule has 0 fully saturated rings. The highest BCUT2D eigenvalue weighted by atomic mass is 127. The van der Waals surface area contributed by atoms with Crippen LogP contribution in [0.2, 0.25) is 5.02 Å². The minimum absolute atomic E-state index is 0.332. The van der Waals surface area contributed by atoms with E-state index in [2.05, 4.69) is 33.8 Å². The SMILES string of the molecule is C#CCCCC(NC)c1cc(Cl)ccc1I. The summed E-state index contributed by atoms with van der Waals surface area (Å²) in [7, 11) is 1.97. The van der Waals surface area contributed by atoms with Crippen molar-refractivity contribution in [2.45, 2.75) is 25.3 Å².